The van der Waals surface area contributed by atoms with Gasteiger partial charge in [0.1, 0.15) is 5.75 Å². The Morgan fingerprint density at radius 2 is 1.86 bits per heavy atom. The Balaban J connectivity index is 2.17. The Morgan fingerprint density at radius 3 is 2.36 bits per heavy atom. The van der Waals surface area contributed by atoms with Crippen LogP contribution >= 0.6 is 0 Å². The molecule has 0 aliphatic rings. The van der Waals surface area contributed by atoms with Crippen molar-refractivity contribution in [1.29, 1.82) is 0 Å². The summed E-state index contributed by atoms with van der Waals surface area (Å²) in [4.78, 5) is 3.38. The third-order valence-corrected chi connectivity index (χ3v) is 3.15. The fraction of sp³-hybridized carbons (Fsp3) is 0.267. The number of hydrogen-bond acceptors (Lipinski definition) is 3. The number of ether oxygens (including phenoxy) is 1. The molecule has 0 fully saturated rings. The van der Waals surface area contributed by atoms with Gasteiger partial charge in [-0.25, -0.2) is 9.37 Å². The molecule has 2 aromatic rings. The SMILES string of the molecule is CC(CN)c1ccc(Oc2ncc(C(F)(F)F)cc2F)cc1. The second-order valence-electron chi connectivity index (χ2n) is 4.82. The minimum atomic E-state index is -4.65. The highest BCUT2D eigenvalue weighted by atomic mass is 19.4. The Morgan fingerprint density at radius 1 is 1.23 bits per heavy atom. The smallest absolute Gasteiger partial charge is 0.417 e. The molecular formula is C15H14F4N2O. The molecule has 0 aliphatic heterocycles. The van der Waals surface area contributed by atoms with Gasteiger partial charge in [0.05, 0.1) is 5.56 Å². The van der Waals surface area contributed by atoms with Crippen molar-refractivity contribution in [2.75, 3.05) is 6.54 Å². The lowest BCUT2D eigenvalue weighted by atomic mass is 10.0. The zero-order valence-electron chi connectivity index (χ0n) is 11.7. The minimum absolute atomic E-state index is 0.162. The highest BCUT2D eigenvalue weighted by Crippen LogP contribution is 2.32. The van der Waals surface area contributed by atoms with Crippen molar-refractivity contribution in [2.24, 2.45) is 5.73 Å². The molecule has 2 rings (SSSR count). The van der Waals surface area contributed by atoms with Gasteiger partial charge in [0.2, 0.25) is 0 Å². The van der Waals surface area contributed by atoms with E-state index in [4.69, 9.17) is 10.5 Å². The van der Waals surface area contributed by atoms with Gasteiger partial charge in [-0.05, 0) is 36.2 Å². The van der Waals surface area contributed by atoms with E-state index in [1.807, 2.05) is 6.92 Å². The van der Waals surface area contributed by atoms with E-state index in [0.717, 1.165) is 5.56 Å². The zero-order valence-corrected chi connectivity index (χ0v) is 11.7. The van der Waals surface area contributed by atoms with Crippen LogP contribution in [0.3, 0.4) is 0 Å². The Hall–Kier alpha value is -2.15. The molecule has 1 heterocycles. The summed E-state index contributed by atoms with van der Waals surface area (Å²) in [5.74, 6) is -1.24. The largest absolute Gasteiger partial charge is 0.436 e. The molecular weight excluding hydrogens is 300 g/mol. The summed E-state index contributed by atoms with van der Waals surface area (Å²) in [5, 5.41) is 0. The maximum absolute atomic E-state index is 13.6. The van der Waals surface area contributed by atoms with Gasteiger partial charge in [-0.3, -0.25) is 0 Å². The fourth-order valence-electron chi connectivity index (χ4n) is 1.77. The number of hydrogen-bond donors (Lipinski definition) is 1. The minimum Gasteiger partial charge on any atom is -0.436 e. The van der Waals surface area contributed by atoms with Crippen LogP contribution in [-0.4, -0.2) is 11.5 Å². The summed E-state index contributed by atoms with van der Waals surface area (Å²) in [6.07, 6.45) is -4.12. The third kappa shape index (κ3) is 3.73. The average molecular weight is 314 g/mol. The van der Waals surface area contributed by atoms with E-state index in [9.17, 15) is 17.6 Å². The van der Waals surface area contributed by atoms with Crippen LogP contribution in [0.4, 0.5) is 17.6 Å². The number of pyridine rings is 1. The lowest BCUT2D eigenvalue weighted by Crippen LogP contribution is -2.08. The molecule has 2 N–H and O–H groups in total. The van der Waals surface area contributed by atoms with Crippen LogP contribution in [0.15, 0.2) is 36.5 Å². The zero-order chi connectivity index (χ0) is 16.3. The van der Waals surface area contributed by atoms with Crippen LogP contribution in [0.1, 0.15) is 24.0 Å². The first-order valence-electron chi connectivity index (χ1n) is 6.52. The van der Waals surface area contributed by atoms with Gasteiger partial charge in [0.25, 0.3) is 5.88 Å². The molecule has 7 heteroatoms. The van der Waals surface area contributed by atoms with Gasteiger partial charge in [0, 0.05) is 6.20 Å². The summed E-state index contributed by atoms with van der Waals surface area (Å²) >= 11 is 0. The second kappa shape index (κ2) is 6.31. The van der Waals surface area contributed by atoms with E-state index in [0.29, 0.717) is 18.8 Å². The summed E-state index contributed by atoms with van der Waals surface area (Å²) in [6, 6.07) is 7.04. The predicted octanol–water partition coefficient (Wildman–Crippen LogP) is 4.09. The lowest BCUT2D eigenvalue weighted by Gasteiger charge is -2.11. The van der Waals surface area contributed by atoms with E-state index < -0.39 is 23.4 Å². The summed E-state index contributed by atoms with van der Waals surface area (Å²) in [6.45, 7) is 2.43. The van der Waals surface area contributed by atoms with Gasteiger partial charge in [0.15, 0.2) is 5.82 Å². The first-order valence-corrected chi connectivity index (χ1v) is 6.52. The van der Waals surface area contributed by atoms with Gasteiger partial charge in [-0.1, -0.05) is 19.1 Å². The molecule has 0 spiro atoms. The molecule has 1 aromatic heterocycles. The first-order chi connectivity index (χ1) is 10.3. The standard InChI is InChI=1S/C15H14F4N2O/c1-9(7-20)10-2-4-12(5-3-10)22-14-13(16)6-11(8-21-14)15(17,18)19/h2-6,8-9H,7,20H2,1H3. The summed E-state index contributed by atoms with van der Waals surface area (Å²) in [5.41, 5.74) is 5.37. The van der Waals surface area contributed by atoms with Gasteiger partial charge >= 0.3 is 6.18 Å². The van der Waals surface area contributed by atoms with Crippen molar-refractivity contribution in [3.63, 3.8) is 0 Å². The normalized spacial score (nSPS) is 13.0. The molecule has 1 aromatic carbocycles. The summed E-state index contributed by atoms with van der Waals surface area (Å²) in [7, 11) is 0. The number of alkyl halides is 3. The molecule has 0 bridgehead atoms. The Labute approximate surface area is 124 Å². The van der Waals surface area contributed by atoms with Gasteiger partial charge < -0.3 is 10.5 Å². The molecule has 0 aliphatic carbocycles. The van der Waals surface area contributed by atoms with Gasteiger partial charge in [-0.2, -0.15) is 13.2 Å². The maximum atomic E-state index is 13.6. The topological polar surface area (TPSA) is 48.1 Å². The molecule has 0 saturated carbocycles. The van der Waals surface area contributed by atoms with Crippen molar-refractivity contribution < 1.29 is 22.3 Å². The average Bonchev–Trinajstić information content (AvgIpc) is 2.48. The second-order valence-corrected chi connectivity index (χ2v) is 4.82. The lowest BCUT2D eigenvalue weighted by molar-refractivity contribution is -0.138. The van der Waals surface area contributed by atoms with Crippen LogP contribution < -0.4 is 10.5 Å². The van der Waals surface area contributed by atoms with E-state index in [1.165, 1.54) is 0 Å². The van der Waals surface area contributed by atoms with Crippen LogP contribution in [0.5, 0.6) is 11.6 Å². The number of rotatable bonds is 4. The molecule has 3 nitrogen and oxygen atoms in total. The molecule has 0 radical (unpaired) electrons. The fourth-order valence-corrected chi connectivity index (χ4v) is 1.77. The van der Waals surface area contributed by atoms with Crippen LogP contribution in [-0.2, 0) is 6.18 Å². The van der Waals surface area contributed by atoms with E-state index in [-0.39, 0.29) is 11.7 Å². The van der Waals surface area contributed by atoms with Crippen molar-refractivity contribution in [3.05, 3.63) is 53.5 Å². The monoisotopic (exact) mass is 314 g/mol. The molecule has 0 amide bonds. The highest BCUT2D eigenvalue weighted by molar-refractivity contribution is 5.33. The Bertz CT molecular complexity index is 641. The van der Waals surface area contributed by atoms with Crippen molar-refractivity contribution in [2.45, 2.75) is 19.0 Å². The summed E-state index contributed by atoms with van der Waals surface area (Å²) < 4.78 is 56.1. The maximum Gasteiger partial charge on any atom is 0.417 e. The quantitative estimate of drug-likeness (QED) is 0.865. The third-order valence-electron chi connectivity index (χ3n) is 3.15. The van der Waals surface area contributed by atoms with Gasteiger partial charge in [-0.15, -0.1) is 0 Å². The van der Waals surface area contributed by atoms with E-state index in [1.54, 1.807) is 24.3 Å². The van der Waals surface area contributed by atoms with Crippen LogP contribution in [0.2, 0.25) is 0 Å². The molecule has 1 atom stereocenters. The Kier molecular flexibility index (Phi) is 4.65. The van der Waals surface area contributed by atoms with Crippen molar-refractivity contribution in [3.8, 4) is 11.6 Å². The van der Waals surface area contributed by atoms with Crippen molar-refractivity contribution >= 4 is 0 Å². The number of nitrogens with zero attached hydrogens (tertiary/aromatic N) is 1. The van der Waals surface area contributed by atoms with E-state index >= 15 is 0 Å². The number of nitrogens with two attached hydrogens (primary N) is 1. The molecule has 22 heavy (non-hydrogen) atoms. The van der Waals surface area contributed by atoms with E-state index in [2.05, 4.69) is 4.98 Å². The molecule has 1 unspecified atom stereocenters. The van der Waals surface area contributed by atoms with Crippen LogP contribution in [0, 0.1) is 5.82 Å². The number of benzene rings is 1. The number of aromatic nitrogens is 1. The molecule has 118 valence electrons. The highest BCUT2D eigenvalue weighted by Gasteiger charge is 2.32. The first kappa shape index (κ1) is 16.2. The number of halogens is 4. The van der Waals surface area contributed by atoms with Crippen molar-refractivity contribution in [1.82, 2.24) is 4.98 Å². The van der Waals surface area contributed by atoms with Crippen LogP contribution in [0.25, 0.3) is 0 Å². The molecule has 0 saturated heterocycles. The predicted molar refractivity (Wildman–Crippen MR) is 73.2 cm³/mol.